The third kappa shape index (κ3) is 1.43. The zero-order valence-electron chi connectivity index (χ0n) is 11.9. The molecule has 1 N–H and O–H groups in total. The molecule has 0 spiro atoms. The van der Waals surface area contributed by atoms with Crippen molar-refractivity contribution in [2.75, 3.05) is 7.11 Å². The quantitative estimate of drug-likeness (QED) is 0.843. The number of hydrogen-bond donors (Lipinski definition) is 1. The number of aromatic nitrogens is 1. The van der Waals surface area contributed by atoms with Crippen LogP contribution in [0.15, 0.2) is 23.4 Å². The van der Waals surface area contributed by atoms with Crippen LogP contribution in [-0.2, 0) is 5.54 Å². The van der Waals surface area contributed by atoms with Crippen molar-refractivity contribution in [2.24, 2.45) is 5.18 Å². The highest BCUT2D eigenvalue weighted by molar-refractivity contribution is 6.03. The van der Waals surface area contributed by atoms with Crippen LogP contribution in [0, 0.1) is 4.91 Å². The van der Waals surface area contributed by atoms with Crippen LogP contribution in [0.25, 0.3) is 16.5 Å². The first-order chi connectivity index (χ1) is 9.40. The van der Waals surface area contributed by atoms with E-state index in [1.807, 2.05) is 26.8 Å². The van der Waals surface area contributed by atoms with Gasteiger partial charge in [0.25, 0.3) is 0 Å². The van der Waals surface area contributed by atoms with Gasteiger partial charge in [-0.05, 0) is 43.7 Å². The molecule has 5 nitrogen and oxygen atoms in total. The van der Waals surface area contributed by atoms with Gasteiger partial charge >= 0.3 is 0 Å². The summed E-state index contributed by atoms with van der Waals surface area (Å²) in [5.74, 6) is 0.542. The lowest BCUT2D eigenvalue weighted by molar-refractivity contribution is 0.362. The Morgan fingerprint density at radius 3 is 2.65 bits per heavy atom. The van der Waals surface area contributed by atoms with Gasteiger partial charge in [0, 0.05) is 10.9 Å². The Labute approximate surface area is 116 Å². The maximum Gasteiger partial charge on any atom is 0.223 e. The first-order valence-electron chi connectivity index (χ1n) is 6.40. The molecular formula is C15H16N2O3. The second kappa shape index (κ2) is 3.85. The summed E-state index contributed by atoms with van der Waals surface area (Å²) < 4.78 is 7.03. The number of nitroso groups, excluding NO2 is 1. The van der Waals surface area contributed by atoms with Gasteiger partial charge in [-0.3, -0.25) is 0 Å². The fourth-order valence-electron chi connectivity index (χ4n) is 3.10. The molecule has 3 rings (SSSR count). The van der Waals surface area contributed by atoms with Gasteiger partial charge in [-0.25, -0.2) is 0 Å². The SMILES string of the molecule is COc1cc2c3c(c1)c(N=O)c(O)n3C(C)(C)C=C2C. The van der Waals surface area contributed by atoms with Crippen LogP contribution in [0.4, 0.5) is 5.69 Å². The van der Waals surface area contributed by atoms with Gasteiger partial charge in [0.1, 0.15) is 5.75 Å². The van der Waals surface area contributed by atoms with Crippen LogP contribution in [0.1, 0.15) is 26.3 Å². The van der Waals surface area contributed by atoms with E-state index in [0.717, 1.165) is 16.7 Å². The maximum absolute atomic E-state index is 11.1. The van der Waals surface area contributed by atoms with Crippen molar-refractivity contribution in [3.05, 3.63) is 28.7 Å². The molecule has 104 valence electrons. The lowest BCUT2D eigenvalue weighted by Gasteiger charge is -2.31. The van der Waals surface area contributed by atoms with E-state index in [-0.39, 0.29) is 11.6 Å². The fourth-order valence-corrected chi connectivity index (χ4v) is 3.10. The van der Waals surface area contributed by atoms with Crippen molar-refractivity contribution in [1.29, 1.82) is 0 Å². The van der Waals surface area contributed by atoms with E-state index in [2.05, 4.69) is 11.3 Å². The van der Waals surface area contributed by atoms with Gasteiger partial charge in [-0.2, -0.15) is 0 Å². The Hall–Kier alpha value is -2.30. The van der Waals surface area contributed by atoms with E-state index in [1.165, 1.54) is 0 Å². The van der Waals surface area contributed by atoms with E-state index < -0.39 is 5.54 Å². The van der Waals surface area contributed by atoms with Gasteiger partial charge in [0.2, 0.25) is 5.88 Å². The highest BCUT2D eigenvalue weighted by Gasteiger charge is 2.33. The average Bonchev–Trinajstić information content (AvgIpc) is 2.67. The number of allylic oxidation sites excluding steroid dienone is 2. The monoisotopic (exact) mass is 272 g/mol. The van der Waals surface area contributed by atoms with E-state index in [0.29, 0.717) is 11.1 Å². The van der Waals surface area contributed by atoms with Gasteiger partial charge in [0.05, 0.1) is 18.2 Å². The smallest absolute Gasteiger partial charge is 0.223 e. The molecule has 1 aliphatic rings. The molecule has 20 heavy (non-hydrogen) atoms. The maximum atomic E-state index is 11.1. The number of methoxy groups -OCH3 is 1. The first-order valence-corrected chi connectivity index (χ1v) is 6.40. The van der Waals surface area contributed by atoms with Crippen LogP contribution in [-0.4, -0.2) is 16.8 Å². The predicted octanol–water partition coefficient (Wildman–Crippen LogP) is 3.91. The molecule has 0 saturated carbocycles. The van der Waals surface area contributed by atoms with E-state index in [4.69, 9.17) is 4.74 Å². The summed E-state index contributed by atoms with van der Waals surface area (Å²) >= 11 is 0. The fraction of sp³-hybridized carbons (Fsp3) is 0.333. The summed E-state index contributed by atoms with van der Waals surface area (Å²) in [6.07, 6.45) is 2.06. The standard InChI is InChI=1S/C15H16N2O3/c1-8-7-15(2,3)17-13-10(8)5-9(20-4)6-11(13)12(16-19)14(17)18/h5-7,18H,1-4H3. The molecule has 0 bridgehead atoms. The third-order valence-corrected chi connectivity index (χ3v) is 3.88. The number of aromatic hydroxyl groups is 1. The Kier molecular flexibility index (Phi) is 2.45. The second-order valence-electron chi connectivity index (χ2n) is 5.65. The molecule has 2 aromatic rings. The van der Waals surface area contributed by atoms with Gasteiger partial charge in [0.15, 0.2) is 5.69 Å². The highest BCUT2D eigenvalue weighted by atomic mass is 16.5. The number of benzene rings is 1. The van der Waals surface area contributed by atoms with Crippen LogP contribution in [0.2, 0.25) is 0 Å². The van der Waals surface area contributed by atoms with Gasteiger partial charge in [-0.15, -0.1) is 4.91 Å². The zero-order chi connectivity index (χ0) is 14.7. The van der Waals surface area contributed by atoms with Crippen LogP contribution in [0.3, 0.4) is 0 Å². The third-order valence-electron chi connectivity index (χ3n) is 3.88. The van der Waals surface area contributed by atoms with Crippen molar-refractivity contribution in [1.82, 2.24) is 4.57 Å². The largest absolute Gasteiger partial charge is 0.497 e. The number of nitrogens with zero attached hydrogens (tertiary/aromatic N) is 2. The van der Waals surface area contributed by atoms with E-state index in [9.17, 15) is 10.0 Å². The lowest BCUT2D eigenvalue weighted by atomic mass is 9.92. The highest BCUT2D eigenvalue weighted by Crippen LogP contribution is 2.49. The molecule has 0 amide bonds. The molecule has 0 saturated heterocycles. The van der Waals surface area contributed by atoms with Crippen molar-refractivity contribution in [3.63, 3.8) is 0 Å². The average molecular weight is 272 g/mol. The lowest BCUT2D eigenvalue weighted by Crippen LogP contribution is -2.26. The van der Waals surface area contributed by atoms with E-state index >= 15 is 0 Å². The summed E-state index contributed by atoms with van der Waals surface area (Å²) in [7, 11) is 1.57. The first kappa shape index (κ1) is 12.7. The molecule has 2 heterocycles. The summed E-state index contributed by atoms with van der Waals surface area (Å²) in [5.41, 5.74) is 2.50. The molecule has 1 aromatic carbocycles. The zero-order valence-corrected chi connectivity index (χ0v) is 11.9. The molecule has 0 atom stereocenters. The Morgan fingerprint density at radius 1 is 1.35 bits per heavy atom. The topological polar surface area (TPSA) is 63.8 Å². The number of ether oxygens (including phenoxy) is 1. The van der Waals surface area contributed by atoms with E-state index in [1.54, 1.807) is 17.7 Å². The molecule has 0 fully saturated rings. The summed E-state index contributed by atoms with van der Waals surface area (Å²) in [6.45, 7) is 5.98. The van der Waals surface area contributed by atoms with Crippen LogP contribution in [0.5, 0.6) is 11.6 Å². The number of hydrogen-bond acceptors (Lipinski definition) is 4. The molecule has 1 aliphatic heterocycles. The van der Waals surface area contributed by atoms with Crippen molar-refractivity contribution in [2.45, 2.75) is 26.3 Å². The van der Waals surface area contributed by atoms with Gasteiger partial charge in [-0.1, -0.05) is 6.08 Å². The minimum Gasteiger partial charge on any atom is -0.497 e. The Morgan fingerprint density at radius 2 is 2.05 bits per heavy atom. The molecular weight excluding hydrogens is 256 g/mol. The summed E-state index contributed by atoms with van der Waals surface area (Å²) in [4.78, 5) is 11.1. The number of rotatable bonds is 2. The van der Waals surface area contributed by atoms with Crippen molar-refractivity contribution >= 4 is 22.2 Å². The minimum atomic E-state index is -0.420. The minimum absolute atomic E-state index is 0.0660. The van der Waals surface area contributed by atoms with Crippen molar-refractivity contribution < 1.29 is 9.84 Å². The van der Waals surface area contributed by atoms with Crippen molar-refractivity contribution in [3.8, 4) is 11.6 Å². The Bertz CT molecular complexity index is 769. The molecule has 5 heteroatoms. The second-order valence-corrected chi connectivity index (χ2v) is 5.65. The predicted molar refractivity (Wildman–Crippen MR) is 78.6 cm³/mol. The van der Waals surface area contributed by atoms with Gasteiger partial charge < -0.3 is 14.4 Å². The molecule has 0 aliphatic carbocycles. The molecule has 0 radical (unpaired) electrons. The Balaban J connectivity index is 2.56. The van der Waals surface area contributed by atoms with Crippen LogP contribution >= 0.6 is 0 Å². The summed E-state index contributed by atoms with van der Waals surface area (Å²) in [5, 5.41) is 14.0. The normalized spacial score (nSPS) is 16.1. The van der Waals surface area contributed by atoms with Crippen LogP contribution < -0.4 is 4.74 Å². The molecule has 0 unspecified atom stereocenters. The molecule has 1 aromatic heterocycles. The summed E-state index contributed by atoms with van der Waals surface area (Å²) in [6, 6.07) is 3.65.